The molecule has 0 rings (SSSR count). The quantitative estimate of drug-likeness (QED) is 0.594. The Balaban J connectivity index is -0.000000107. The predicted octanol–water partition coefficient (Wildman–Crippen LogP) is 0.539. The molecule has 0 atom stereocenters. The van der Waals surface area contributed by atoms with E-state index in [1.165, 1.54) is 0 Å². The molecule has 3 nitrogen and oxygen atoms in total. The monoisotopic (exact) mass is 239 g/mol. The van der Waals surface area contributed by atoms with Crippen molar-refractivity contribution in [1.82, 2.24) is 5.32 Å². The van der Waals surface area contributed by atoms with Gasteiger partial charge in [0.2, 0.25) is 0 Å². The summed E-state index contributed by atoms with van der Waals surface area (Å²) in [5.74, 6) is 0. The van der Waals surface area contributed by atoms with Gasteiger partial charge in [-0.2, -0.15) is 0 Å². The second-order valence-corrected chi connectivity index (χ2v) is 2.03. The molecule has 0 aromatic carbocycles. The molecule has 80 valence electrons. The van der Waals surface area contributed by atoms with Gasteiger partial charge < -0.3 is 16.8 Å². The SMILES string of the molecule is Cl.Cl.Cl.NCCCNCCCN. The van der Waals surface area contributed by atoms with Crippen LogP contribution < -0.4 is 16.8 Å². The van der Waals surface area contributed by atoms with E-state index in [-0.39, 0.29) is 37.2 Å². The van der Waals surface area contributed by atoms with Crippen LogP contribution in [0.4, 0.5) is 0 Å². The Morgan fingerprint density at radius 3 is 1.33 bits per heavy atom. The zero-order valence-electron chi connectivity index (χ0n) is 7.12. The molecule has 0 aliphatic rings. The first-order valence-corrected chi connectivity index (χ1v) is 3.52. The number of nitrogens with one attached hydrogen (secondary N) is 1. The molecule has 0 saturated carbocycles. The third kappa shape index (κ3) is 22.4. The Morgan fingerprint density at radius 1 is 0.750 bits per heavy atom. The summed E-state index contributed by atoms with van der Waals surface area (Å²) < 4.78 is 0. The van der Waals surface area contributed by atoms with Crippen LogP contribution >= 0.6 is 37.2 Å². The van der Waals surface area contributed by atoms with E-state index >= 15 is 0 Å². The van der Waals surface area contributed by atoms with Crippen LogP contribution in [0.25, 0.3) is 0 Å². The average Bonchev–Trinajstić information content (AvgIpc) is 1.89. The Hall–Kier alpha value is 0.750. The first kappa shape index (κ1) is 23.0. The van der Waals surface area contributed by atoms with Gasteiger partial charge in [0.25, 0.3) is 0 Å². The minimum absolute atomic E-state index is 0. The maximum Gasteiger partial charge on any atom is -0.00369 e. The van der Waals surface area contributed by atoms with Crippen molar-refractivity contribution in [3.63, 3.8) is 0 Å². The Bertz CT molecular complexity index is 51.3. The highest BCUT2D eigenvalue weighted by Crippen LogP contribution is 1.72. The van der Waals surface area contributed by atoms with Crippen molar-refractivity contribution in [2.75, 3.05) is 26.2 Å². The van der Waals surface area contributed by atoms with E-state index in [0.717, 1.165) is 39.0 Å². The molecule has 0 aromatic heterocycles. The van der Waals surface area contributed by atoms with Gasteiger partial charge in [0, 0.05) is 0 Å². The van der Waals surface area contributed by atoms with E-state index in [9.17, 15) is 0 Å². The third-order valence-electron chi connectivity index (χ3n) is 1.12. The van der Waals surface area contributed by atoms with Gasteiger partial charge in [0.05, 0.1) is 0 Å². The minimum atomic E-state index is 0. The molecule has 0 spiro atoms. The van der Waals surface area contributed by atoms with Gasteiger partial charge in [-0.05, 0) is 39.0 Å². The number of hydrogen-bond acceptors (Lipinski definition) is 3. The van der Waals surface area contributed by atoms with E-state index in [1.807, 2.05) is 0 Å². The maximum absolute atomic E-state index is 5.28. The van der Waals surface area contributed by atoms with Crippen LogP contribution in [0.3, 0.4) is 0 Å². The van der Waals surface area contributed by atoms with E-state index in [4.69, 9.17) is 11.5 Å². The summed E-state index contributed by atoms with van der Waals surface area (Å²) >= 11 is 0. The fourth-order valence-corrected chi connectivity index (χ4v) is 0.579. The van der Waals surface area contributed by atoms with Gasteiger partial charge >= 0.3 is 0 Å². The number of nitrogens with two attached hydrogens (primary N) is 2. The predicted molar refractivity (Wildman–Crippen MR) is 62.0 cm³/mol. The molecule has 0 fully saturated rings. The average molecular weight is 241 g/mol. The summed E-state index contributed by atoms with van der Waals surface area (Å²) in [5.41, 5.74) is 10.6. The second-order valence-electron chi connectivity index (χ2n) is 2.03. The largest absolute Gasteiger partial charge is 0.330 e. The molecule has 0 bridgehead atoms. The van der Waals surface area contributed by atoms with E-state index < -0.39 is 0 Å². The van der Waals surface area contributed by atoms with Gasteiger partial charge in [-0.25, -0.2) is 0 Å². The van der Waals surface area contributed by atoms with E-state index in [0.29, 0.717) is 0 Å². The van der Waals surface area contributed by atoms with Gasteiger partial charge in [0.15, 0.2) is 0 Å². The lowest BCUT2D eigenvalue weighted by Gasteiger charge is -2.00. The van der Waals surface area contributed by atoms with Gasteiger partial charge in [-0.15, -0.1) is 37.2 Å². The van der Waals surface area contributed by atoms with Crippen LogP contribution in [0.2, 0.25) is 0 Å². The molecule has 6 heteroatoms. The molecular weight excluding hydrogens is 220 g/mol. The lowest BCUT2D eigenvalue weighted by Crippen LogP contribution is -2.21. The molecule has 12 heavy (non-hydrogen) atoms. The zero-order chi connectivity index (χ0) is 6.95. The Labute approximate surface area is 93.3 Å². The zero-order valence-corrected chi connectivity index (χ0v) is 9.57. The normalized spacial score (nSPS) is 7.50. The van der Waals surface area contributed by atoms with Crippen LogP contribution in [0.1, 0.15) is 12.8 Å². The summed E-state index contributed by atoms with van der Waals surface area (Å²) in [5, 5.41) is 3.23. The molecule has 0 saturated heterocycles. The minimum Gasteiger partial charge on any atom is -0.330 e. The summed E-state index contributed by atoms with van der Waals surface area (Å²) in [6, 6.07) is 0. The fourth-order valence-electron chi connectivity index (χ4n) is 0.579. The lowest BCUT2D eigenvalue weighted by molar-refractivity contribution is 0.631. The topological polar surface area (TPSA) is 64.1 Å². The number of hydrogen-bond donors (Lipinski definition) is 3. The number of rotatable bonds is 6. The summed E-state index contributed by atoms with van der Waals surface area (Å²) in [4.78, 5) is 0. The van der Waals surface area contributed by atoms with E-state index in [1.54, 1.807) is 0 Å². The molecular formula is C6H20Cl3N3. The van der Waals surface area contributed by atoms with Crippen LogP contribution in [0, 0.1) is 0 Å². The highest BCUT2D eigenvalue weighted by Gasteiger charge is 1.83. The van der Waals surface area contributed by atoms with Crippen molar-refractivity contribution in [1.29, 1.82) is 0 Å². The summed E-state index contributed by atoms with van der Waals surface area (Å²) in [7, 11) is 0. The molecule has 0 heterocycles. The van der Waals surface area contributed by atoms with Crippen LogP contribution in [0.15, 0.2) is 0 Å². The van der Waals surface area contributed by atoms with Crippen LogP contribution in [-0.2, 0) is 0 Å². The molecule has 0 radical (unpaired) electrons. The van der Waals surface area contributed by atoms with Gasteiger partial charge in [-0.1, -0.05) is 0 Å². The smallest absolute Gasteiger partial charge is 0.00369 e. The summed E-state index contributed by atoms with van der Waals surface area (Å²) in [6.07, 6.45) is 2.12. The first-order chi connectivity index (χ1) is 4.41. The van der Waals surface area contributed by atoms with Crippen molar-refractivity contribution in [3.8, 4) is 0 Å². The Kier molecular flexibility index (Phi) is 43.3. The molecule has 0 amide bonds. The standard InChI is InChI=1S/C6H17N3.3ClH/c7-3-1-5-9-6-2-4-8;;;/h9H,1-8H2;3*1H. The Morgan fingerprint density at radius 2 is 1.08 bits per heavy atom. The van der Waals surface area contributed by atoms with Crippen molar-refractivity contribution in [2.24, 2.45) is 11.5 Å². The van der Waals surface area contributed by atoms with Gasteiger partial charge in [-0.3, -0.25) is 0 Å². The highest BCUT2D eigenvalue weighted by atomic mass is 35.5. The summed E-state index contributed by atoms with van der Waals surface area (Å²) in [6.45, 7) is 3.60. The number of halogens is 3. The van der Waals surface area contributed by atoms with Gasteiger partial charge in [0.1, 0.15) is 0 Å². The van der Waals surface area contributed by atoms with Crippen molar-refractivity contribution in [3.05, 3.63) is 0 Å². The lowest BCUT2D eigenvalue weighted by atomic mass is 10.4. The van der Waals surface area contributed by atoms with Crippen molar-refractivity contribution < 1.29 is 0 Å². The second kappa shape index (κ2) is 22.6. The molecule has 5 N–H and O–H groups in total. The molecule has 0 aromatic rings. The fraction of sp³-hybridized carbons (Fsp3) is 1.00. The van der Waals surface area contributed by atoms with Crippen LogP contribution in [-0.4, -0.2) is 26.2 Å². The maximum atomic E-state index is 5.28. The molecule has 0 unspecified atom stereocenters. The van der Waals surface area contributed by atoms with Crippen LogP contribution in [0.5, 0.6) is 0 Å². The molecule has 0 aliphatic carbocycles. The van der Waals surface area contributed by atoms with E-state index in [2.05, 4.69) is 5.32 Å². The molecule has 0 aliphatic heterocycles. The third-order valence-corrected chi connectivity index (χ3v) is 1.12. The highest BCUT2D eigenvalue weighted by molar-refractivity contribution is 5.86. The van der Waals surface area contributed by atoms with Crippen molar-refractivity contribution >= 4 is 37.2 Å². The van der Waals surface area contributed by atoms with Crippen molar-refractivity contribution in [2.45, 2.75) is 12.8 Å². The first-order valence-electron chi connectivity index (χ1n) is 3.52.